The Balaban J connectivity index is 1.57. The topological polar surface area (TPSA) is 106 Å². The highest BCUT2D eigenvalue weighted by molar-refractivity contribution is 5.77. The molecular weight excluding hydrogens is 444 g/mol. The van der Waals surface area contributed by atoms with Crippen molar-refractivity contribution in [3.8, 4) is 0 Å². The van der Waals surface area contributed by atoms with Crippen LogP contribution in [0.1, 0.15) is 58.8 Å². The van der Waals surface area contributed by atoms with E-state index in [9.17, 15) is 14.7 Å². The van der Waals surface area contributed by atoms with Gasteiger partial charge in [0.25, 0.3) is 0 Å². The summed E-state index contributed by atoms with van der Waals surface area (Å²) in [7, 11) is 0. The van der Waals surface area contributed by atoms with E-state index in [0.717, 1.165) is 13.0 Å². The Labute approximate surface area is 200 Å². The van der Waals surface area contributed by atoms with Gasteiger partial charge < -0.3 is 26.0 Å². The Bertz CT molecular complexity index is 788. The average Bonchev–Trinajstić information content (AvgIpc) is 2.78. The van der Waals surface area contributed by atoms with Crippen molar-refractivity contribution in [2.45, 2.75) is 108 Å². The lowest BCUT2D eigenvalue weighted by Gasteiger charge is -2.57. The molecule has 11 unspecified atom stereocenters. The van der Waals surface area contributed by atoms with Crippen LogP contribution in [-0.4, -0.2) is 77.4 Å². The number of nitrogens with zero attached hydrogens (tertiary/aromatic N) is 1. The Hall–Kier alpha value is -1.52. The van der Waals surface area contributed by atoms with Gasteiger partial charge in [0.15, 0.2) is 0 Å². The number of carbonyl (C=O) groups excluding carboxylic acids is 2. The summed E-state index contributed by atoms with van der Waals surface area (Å²) in [6, 6.07) is -1.90. The maximum atomic E-state index is 15.6. The molecule has 34 heavy (non-hydrogen) atoms. The molecule has 192 valence electrons. The molecule has 5 aliphatic rings. The Morgan fingerprint density at radius 3 is 2.62 bits per heavy atom. The molecule has 10 heteroatoms. The van der Waals surface area contributed by atoms with E-state index in [2.05, 4.69) is 35.1 Å². The fourth-order valence-electron chi connectivity index (χ4n) is 7.43. The molecule has 2 bridgehead atoms. The highest BCUT2D eigenvalue weighted by Gasteiger charge is 2.56. The number of aliphatic hydroxyl groups is 1. The van der Waals surface area contributed by atoms with E-state index in [4.69, 9.17) is 0 Å². The van der Waals surface area contributed by atoms with E-state index in [-0.39, 0.29) is 42.3 Å². The van der Waals surface area contributed by atoms with Crippen molar-refractivity contribution >= 4 is 11.9 Å². The molecule has 4 aliphatic heterocycles. The van der Waals surface area contributed by atoms with E-state index in [0.29, 0.717) is 32.1 Å². The summed E-state index contributed by atoms with van der Waals surface area (Å²) in [5.74, 6) is -1.07. The first-order valence-electron chi connectivity index (χ1n) is 13.1. The first kappa shape index (κ1) is 24.2. The number of hydrogen-bond donors (Lipinski definition) is 5. The maximum absolute atomic E-state index is 15.6. The second-order valence-corrected chi connectivity index (χ2v) is 11.4. The highest BCUT2D eigenvalue weighted by Crippen LogP contribution is 2.41. The van der Waals surface area contributed by atoms with E-state index in [1.165, 1.54) is 0 Å². The lowest BCUT2D eigenvalue weighted by Crippen LogP contribution is -2.77. The molecule has 5 rings (SSSR count). The van der Waals surface area contributed by atoms with Gasteiger partial charge in [-0.3, -0.25) is 10.1 Å². The smallest absolute Gasteiger partial charge is 0.321 e. The number of aliphatic hydroxyl groups excluding tert-OH is 1. The molecule has 0 spiro atoms. The van der Waals surface area contributed by atoms with Crippen LogP contribution in [0.5, 0.6) is 0 Å². The van der Waals surface area contributed by atoms with Crippen LogP contribution in [0.4, 0.5) is 13.6 Å². The van der Waals surface area contributed by atoms with Crippen LogP contribution in [0.25, 0.3) is 0 Å². The van der Waals surface area contributed by atoms with Gasteiger partial charge in [0.05, 0.1) is 12.2 Å². The number of carbonyl (C=O) groups is 2. The van der Waals surface area contributed by atoms with Crippen LogP contribution >= 0.6 is 0 Å². The van der Waals surface area contributed by atoms with Gasteiger partial charge in [-0.15, -0.1) is 0 Å². The Morgan fingerprint density at radius 2 is 1.85 bits per heavy atom. The normalized spacial score (nSPS) is 47.5. The first-order valence-corrected chi connectivity index (χ1v) is 13.1. The van der Waals surface area contributed by atoms with E-state index >= 15 is 8.78 Å². The number of rotatable bonds is 1. The van der Waals surface area contributed by atoms with Gasteiger partial charge in [-0.1, -0.05) is 13.8 Å². The molecule has 3 amide bonds. The number of fused-ring (bicyclic) bond motifs is 5. The fraction of sp³-hybridized carbons (Fsp3) is 0.917. The average molecular weight is 484 g/mol. The molecule has 0 aromatic rings. The quantitative estimate of drug-likeness (QED) is 0.388. The van der Waals surface area contributed by atoms with E-state index in [1.807, 2.05) is 0 Å². The zero-order valence-electron chi connectivity index (χ0n) is 20.1. The molecule has 1 aliphatic carbocycles. The number of piperidine rings is 2. The minimum Gasteiger partial charge on any atom is -0.373 e. The summed E-state index contributed by atoms with van der Waals surface area (Å²) in [5, 5.41) is 23.3. The molecule has 5 fully saturated rings. The zero-order valence-corrected chi connectivity index (χ0v) is 20.1. The molecule has 5 N–H and O–H groups in total. The number of urea groups is 1. The molecule has 0 radical (unpaired) electrons. The predicted octanol–water partition coefficient (Wildman–Crippen LogP) is 1.39. The molecule has 4 saturated heterocycles. The predicted molar refractivity (Wildman–Crippen MR) is 122 cm³/mol. The fourth-order valence-corrected chi connectivity index (χ4v) is 7.43. The summed E-state index contributed by atoms with van der Waals surface area (Å²) >= 11 is 0. The third-order valence-electron chi connectivity index (χ3n) is 9.03. The third-order valence-corrected chi connectivity index (χ3v) is 9.03. The van der Waals surface area contributed by atoms with Crippen LogP contribution in [-0.2, 0) is 4.79 Å². The van der Waals surface area contributed by atoms with Crippen LogP contribution in [0.2, 0.25) is 0 Å². The van der Waals surface area contributed by atoms with Crippen LogP contribution in [0.3, 0.4) is 0 Å². The molecule has 0 aromatic heterocycles. The third kappa shape index (κ3) is 4.19. The largest absolute Gasteiger partial charge is 0.373 e. The van der Waals surface area contributed by atoms with Gasteiger partial charge in [0, 0.05) is 36.4 Å². The van der Waals surface area contributed by atoms with Gasteiger partial charge in [-0.2, -0.15) is 0 Å². The summed E-state index contributed by atoms with van der Waals surface area (Å²) in [6.07, 6.45) is -1.01. The summed E-state index contributed by atoms with van der Waals surface area (Å²) in [6.45, 7) is 5.01. The Kier molecular flexibility index (Phi) is 6.76. The van der Waals surface area contributed by atoms with Crippen LogP contribution < -0.4 is 21.3 Å². The molecule has 8 nitrogen and oxygen atoms in total. The van der Waals surface area contributed by atoms with Crippen LogP contribution in [0.15, 0.2) is 0 Å². The number of amides is 3. The number of alkyl halides is 2. The van der Waals surface area contributed by atoms with E-state index < -0.39 is 48.7 Å². The second-order valence-electron chi connectivity index (χ2n) is 11.4. The van der Waals surface area contributed by atoms with Gasteiger partial charge in [0.1, 0.15) is 18.6 Å². The lowest BCUT2D eigenvalue weighted by atomic mass is 9.71. The van der Waals surface area contributed by atoms with Crippen molar-refractivity contribution in [2.75, 3.05) is 6.54 Å². The monoisotopic (exact) mass is 483 g/mol. The first-order chi connectivity index (χ1) is 16.3. The van der Waals surface area contributed by atoms with Crippen molar-refractivity contribution in [3.05, 3.63) is 0 Å². The summed E-state index contributed by atoms with van der Waals surface area (Å²) in [5.41, 5.74) is 0. The lowest BCUT2D eigenvalue weighted by molar-refractivity contribution is -0.126. The Morgan fingerprint density at radius 1 is 1.06 bits per heavy atom. The van der Waals surface area contributed by atoms with Crippen molar-refractivity contribution in [2.24, 2.45) is 23.7 Å². The van der Waals surface area contributed by atoms with Gasteiger partial charge in [-0.05, 0) is 56.9 Å². The van der Waals surface area contributed by atoms with Gasteiger partial charge in [-0.25, -0.2) is 13.6 Å². The molecular formula is C24H39F2N5O3. The molecule has 11 atom stereocenters. The minimum absolute atomic E-state index is 0.00824. The van der Waals surface area contributed by atoms with Crippen LogP contribution in [0, 0.1) is 23.7 Å². The number of nitrogens with one attached hydrogen (secondary N) is 4. The van der Waals surface area contributed by atoms with Crippen molar-refractivity contribution in [3.63, 3.8) is 0 Å². The summed E-state index contributed by atoms with van der Waals surface area (Å²) < 4.78 is 30.9. The number of halogens is 2. The van der Waals surface area contributed by atoms with Gasteiger partial charge >= 0.3 is 6.03 Å². The molecule has 4 heterocycles. The van der Waals surface area contributed by atoms with Crippen molar-refractivity contribution in [1.82, 2.24) is 26.2 Å². The van der Waals surface area contributed by atoms with E-state index in [1.54, 1.807) is 4.90 Å². The second kappa shape index (κ2) is 9.50. The SMILES string of the molecule is CC(C)C1NCCC2CCC(=O)NC3CCCC(F)C3C3NC4C(CC3F)C(O)NC(=O)N4C21. The molecule has 0 aromatic carbocycles. The highest BCUT2D eigenvalue weighted by atomic mass is 19.1. The number of hydrogen-bond acceptors (Lipinski definition) is 5. The molecule has 1 saturated carbocycles. The van der Waals surface area contributed by atoms with Crippen molar-refractivity contribution in [1.29, 1.82) is 0 Å². The summed E-state index contributed by atoms with van der Waals surface area (Å²) in [4.78, 5) is 28.1. The maximum Gasteiger partial charge on any atom is 0.321 e. The standard InChI is InChI=1S/C24H39F2N5O3/c1-11(2)19-21-12(8-9-27-19)6-7-17(32)28-16-5-3-4-14(25)18(16)20-15(26)10-13-22(29-20)31(21)24(34)30-23(13)33/h11-16,18-23,27,29,33H,3-10H2,1-2H3,(H,28,32)(H,30,34). The van der Waals surface area contributed by atoms with Gasteiger partial charge in [0.2, 0.25) is 5.91 Å². The van der Waals surface area contributed by atoms with Crippen molar-refractivity contribution < 1.29 is 23.5 Å². The zero-order chi connectivity index (χ0) is 24.1. The minimum atomic E-state index is -1.39.